The Labute approximate surface area is 123 Å². The number of pyridine rings is 1. The molecule has 0 aliphatic carbocycles. The van der Waals surface area contributed by atoms with E-state index in [1.165, 1.54) is 11.3 Å². The Morgan fingerprint density at radius 1 is 1.20 bits per heavy atom. The molecular weight excluding hydrogens is 290 g/mol. The highest BCUT2D eigenvalue weighted by Crippen LogP contribution is 2.26. The fourth-order valence-electron chi connectivity index (χ4n) is 1.86. The molecule has 2 N–H and O–H groups in total. The van der Waals surface area contributed by atoms with Crippen LogP contribution >= 0.6 is 11.3 Å². The predicted molar refractivity (Wildman–Crippen MR) is 83.2 cm³/mol. The lowest BCUT2D eigenvalue weighted by Crippen LogP contribution is -2.01. The van der Waals surface area contributed by atoms with Crippen molar-refractivity contribution in [2.24, 2.45) is 0 Å². The van der Waals surface area contributed by atoms with Crippen LogP contribution in [0, 0.1) is 0 Å². The zero-order valence-electron chi connectivity index (χ0n) is 10.7. The maximum absolute atomic E-state index is 12.3. The molecule has 2 heterocycles. The van der Waals surface area contributed by atoms with Gasteiger partial charge in [0.1, 0.15) is 0 Å². The lowest BCUT2D eigenvalue weighted by atomic mass is 10.2. The van der Waals surface area contributed by atoms with Crippen LogP contribution in [0.4, 0.5) is 5.69 Å². The molecule has 20 heavy (non-hydrogen) atoms. The Morgan fingerprint density at radius 2 is 2.00 bits per heavy atom. The van der Waals surface area contributed by atoms with Gasteiger partial charge in [-0.25, -0.2) is 4.98 Å². The van der Waals surface area contributed by atoms with Gasteiger partial charge in [0.2, 0.25) is 0 Å². The van der Waals surface area contributed by atoms with E-state index in [0.717, 1.165) is 22.2 Å². The van der Waals surface area contributed by atoms with Gasteiger partial charge in [-0.2, -0.15) is 0 Å². The number of nitrogen functional groups attached to an aromatic ring is 1. The summed E-state index contributed by atoms with van der Waals surface area (Å²) < 4.78 is 13.9. The van der Waals surface area contributed by atoms with Crippen LogP contribution in [0.3, 0.4) is 0 Å². The smallest absolute Gasteiger partial charge is 0.181 e. The first-order chi connectivity index (χ1) is 9.72. The van der Waals surface area contributed by atoms with Crippen molar-refractivity contribution in [3.8, 4) is 0 Å². The molecule has 0 aliphatic heterocycles. The van der Waals surface area contributed by atoms with Crippen molar-refractivity contribution in [2.75, 3.05) is 11.5 Å². The van der Waals surface area contributed by atoms with Crippen molar-refractivity contribution < 1.29 is 4.21 Å². The lowest BCUT2D eigenvalue weighted by molar-refractivity contribution is 0.682. The minimum atomic E-state index is -1.08. The molecule has 0 spiro atoms. The Bertz CT molecular complexity index is 755. The van der Waals surface area contributed by atoms with E-state index < -0.39 is 10.8 Å². The van der Waals surface area contributed by atoms with Crippen LogP contribution in [0.15, 0.2) is 47.1 Å². The van der Waals surface area contributed by atoms with E-state index in [2.05, 4.69) is 9.97 Å². The minimum absolute atomic E-state index is 0.569. The predicted octanol–water partition coefficient (Wildman–Crippen LogP) is 2.62. The van der Waals surface area contributed by atoms with Crippen LogP contribution in [0.5, 0.6) is 0 Å². The van der Waals surface area contributed by atoms with E-state index >= 15 is 0 Å². The van der Waals surface area contributed by atoms with Gasteiger partial charge in [-0.05, 0) is 42.3 Å². The summed E-state index contributed by atoms with van der Waals surface area (Å²) in [5.41, 5.74) is 8.44. The van der Waals surface area contributed by atoms with Gasteiger partial charge in [-0.1, -0.05) is 0 Å². The van der Waals surface area contributed by atoms with Crippen molar-refractivity contribution in [1.82, 2.24) is 9.97 Å². The second-order valence-corrected chi connectivity index (χ2v) is 7.14. The Morgan fingerprint density at radius 3 is 2.80 bits per heavy atom. The number of hydrogen-bond donors (Lipinski definition) is 1. The third-order valence-electron chi connectivity index (χ3n) is 2.91. The molecule has 1 aromatic carbocycles. The first-order valence-electron chi connectivity index (χ1n) is 6.16. The minimum Gasteiger partial charge on any atom is -0.399 e. The summed E-state index contributed by atoms with van der Waals surface area (Å²) in [6.45, 7) is 0. The molecule has 0 bridgehead atoms. The number of nitrogens with zero attached hydrogens (tertiary/aromatic N) is 2. The van der Waals surface area contributed by atoms with E-state index in [4.69, 9.17) is 5.73 Å². The van der Waals surface area contributed by atoms with Gasteiger partial charge in [0, 0.05) is 23.8 Å². The van der Waals surface area contributed by atoms with E-state index in [9.17, 15) is 4.21 Å². The molecule has 0 saturated carbocycles. The Hall–Kier alpha value is -1.79. The number of aromatic nitrogens is 2. The van der Waals surface area contributed by atoms with E-state index in [-0.39, 0.29) is 0 Å². The molecule has 3 rings (SSSR count). The van der Waals surface area contributed by atoms with Crippen molar-refractivity contribution in [2.45, 2.75) is 10.8 Å². The summed E-state index contributed by atoms with van der Waals surface area (Å²) >= 11 is 1.45. The van der Waals surface area contributed by atoms with Crippen molar-refractivity contribution in [3.05, 3.63) is 48.3 Å². The molecule has 4 nitrogen and oxygen atoms in total. The van der Waals surface area contributed by atoms with Gasteiger partial charge in [0.15, 0.2) is 4.34 Å². The summed E-state index contributed by atoms with van der Waals surface area (Å²) in [6.07, 6.45) is 4.25. The zero-order valence-corrected chi connectivity index (χ0v) is 12.3. The molecule has 0 amide bonds. The molecule has 0 saturated heterocycles. The number of aryl methyl sites for hydroxylation is 1. The fourth-order valence-corrected chi connectivity index (χ4v) is 4.30. The lowest BCUT2D eigenvalue weighted by Gasteiger charge is -1.99. The SMILES string of the molecule is Nc1ccc2nc(S(=O)CCc3ccncc3)sc2c1. The third-order valence-corrected chi connectivity index (χ3v) is 5.59. The molecule has 102 valence electrons. The zero-order chi connectivity index (χ0) is 13.9. The maximum atomic E-state index is 12.3. The number of fused-ring (bicyclic) bond motifs is 1. The van der Waals surface area contributed by atoms with Gasteiger partial charge in [-0.3, -0.25) is 9.19 Å². The topological polar surface area (TPSA) is 68.9 Å². The number of anilines is 1. The average molecular weight is 303 g/mol. The molecule has 1 unspecified atom stereocenters. The van der Waals surface area contributed by atoms with E-state index in [1.54, 1.807) is 12.4 Å². The first kappa shape index (κ1) is 13.2. The molecule has 1 atom stereocenters. The van der Waals surface area contributed by atoms with Crippen LogP contribution < -0.4 is 5.73 Å². The van der Waals surface area contributed by atoms with Gasteiger partial charge in [0.05, 0.1) is 21.0 Å². The Kier molecular flexibility index (Phi) is 3.75. The van der Waals surface area contributed by atoms with Gasteiger partial charge in [0.25, 0.3) is 0 Å². The second kappa shape index (κ2) is 5.68. The molecule has 0 fully saturated rings. The van der Waals surface area contributed by atoms with Crippen molar-refractivity contribution in [3.63, 3.8) is 0 Å². The highest BCUT2D eigenvalue weighted by molar-refractivity contribution is 7.87. The molecule has 6 heteroatoms. The molecule has 3 aromatic rings. The van der Waals surface area contributed by atoms with Crippen LogP contribution in [-0.4, -0.2) is 19.9 Å². The monoisotopic (exact) mass is 303 g/mol. The van der Waals surface area contributed by atoms with Gasteiger partial charge >= 0.3 is 0 Å². The molecular formula is C14H13N3OS2. The summed E-state index contributed by atoms with van der Waals surface area (Å²) in [6, 6.07) is 9.43. The normalized spacial score (nSPS) is 12.6. The van der Waals surface area contributed by atoms with E-state index in [1.807, 2.05) is 30.3 Å². The number of rotatable bonds is 4. The van der Waals surface area contributed by atoms with Crippen molar-refractivity contribution >= 4 is 38.0 Å². The summed E-state index contributed by atoms with van der Waals surface area (Å²) in [5, 5.41) is 0. The fraction of sp³-hybridized carbons (Fsp3) is 0.143. The second-order valence-electron chi connectivity index (χ2n) is 4.36. The summed E-state index contributed by atoms with van der Waals surface area (Å²) in [5.74, 6) is 0.569. The van der Waals surface area contributed by atoms with Crippen LogP contribution in [-0.2, 0) is 17.2 Å². The van der Waals surface area contributed by atoms with Gasteiger partial charge < -0.3 is 5.73 Å². The van der Waals surface area contributed by atoms with Gasteiger partial charge in [-0.15, -0.1) is 11.3 Å². The number of thiazole rings is 1. The number of nitrogens with two attached hydrogens (primary N) is 1. The first-order valence-corrected chi connectivity index (χ1v) is 8.29. The molecule has 0 radical (unpaired) electrons. The summed E-state index contributed by atoms with van der Waals surface area (Å²) in [4.78, 5) is 8.39. The van der Waals surface area contributed by atoms with Crippen LogP contribution in [0.1, 0.15) is 5.56 Å². The average Bonchev–Trinajstić information content (AvgIpc) is 2.89. The molecule has 0 aliphatic rings. The largest absolute Gasteiger partial charge is 0.399 e. The van der Waals surface area contributed by atoms with Crippen LogP contribution in [0.2, 0.25) is 0 Å². The highest BCUT2D eigenvalue weighted by Gasteiger charge is 2.11. The standard InChI is InChI=1S/C14H13N3OS2/c15-11-1-2-12-13(9-11)19-14(17-12)20(18)8-5-10-3-6-16-7-4-10/h1-4,6-7,9H,5,8,15H2. The quantitative estimate of drug-likeness (QED) is 0.752. The van der Waals surface area contributed by atoms with Crippen molar-refractivity contribution in [1.29, 1.82) is 0 Å². The maximum Gasteiger partial charge on any atom is 0.181 e. The number of benzene rings is 1. The van der Waals surface area contributed by atoms with E-state index in [0.29, 0.717) is 15.8 Å². The number of hydrogen-bond acceptors (Lipinski definition) is 5. The Balaban J connectivity index is 1.75. The third kappa shape index (κ3) is 2.86. The highest BCUT2D eigenvalue weighted by atomic mass is 32.2. The summed E-state index contributed by atoms with van der Waals surface area (Å²) in [7, 11) is -1.08. The molecule has 2 aromatic heterocycles. The van der Waals surface area contributed by atoms with Crippen LogP contribution in [0.25, 0.3) is 10.2 Å².